The lowest BCUT2D eigenvalue weighted by molar-refractivity contribution is 0.0989. The zero-order valence-corrected chi connectivity index (χ0v) is 16.6. The van der Waals surface area contributed by atoms with Crippen molar-refractivity contribution >= 4 is 43.0 Å². The predicted octanol–water partition coefficient (Wildman–Crippen LogP) is 3.04. The molecule has 9 heteroatoms. The number of hydrogen-bond donors (Lipinski definition) is 1. The molecule has 6 nitrogen and oxygen atoms in total. The molecule has 1 amide bonds. The maximum atomic E-state index is 14.4. The van der Waals surface area contributed by atoms with Crippen LogP contribution in [0.2, 0.25) is 0 Å². The second kappa shape index (κ2) is 6.93. The highest BCUT2D eigenvalue weighted by Crippen LogP contribution is 2.37. The zero-order chi connectivity index (χ0) is 20.1. The zero-order valence-electron chi connectivity index (χ0n) is 14.9. The molecular weight excluding hydrogens is 403 g/mol. The van der Waals surface area contributed by atoms with Gasteiger partial charge in [-0.3, -0.25) is 4.79 Å². The number of primary sulfonamides is 1. The van der Waals surface area contributed by atoms with Crippen LogP contribution in [0.3, 0.4) is 0 Å². The number of fused-ring (bicyclic) bond motifs is 2. The van der Waals surface area contributed by atoms with Gasteiger partial charge >= 0.3 is 0 Å². The second-order valence-corrected chi connectivity index (χ2v) is 9.11. The summed E-state index contributed by atoms with van der Waals surface area (Å²) in [4.78, 5) is 15.2. The van der Waals surface area contributed by atoms with Crippen LogP contribution in [-0.2, 0) is 27.8 Å². The Balaban J connectivity index is 1.83. The first-order chi connectivity index (χ1) is 13.3. The fourth-order valence-electron chi connectivity index (χ4n) is 3.49. The van der Waals surface area contributed by atoms with E-state index in [1.165, 1.54) is 41.5 Å². The van der Waals surface area contributed by atoms with Gasteiger partial charge in [-0.25, -0.2) is 17.9 Å². The number of nitrogens with two attached hydrogens (primary N) is 1. The summed E-state index contributed by atoms with van der Waals surface area (Å²) in [6.45, 7) is 0.505. The van der Waals surface area contributed by atoms with E-state index in [2.05, 4.69) is 0 Å². The summed E-state index contributed by atoms with van der Waals surface area (Å²) in [5.41, 5.74) is 1.88. The molecule has 146 valence electrons. The van der Waals surface area contributed by atoms with Gasteiger partial charge in [0.15, 0.2) is 0 Å². The Morgan fingerprint density at radius 1 is 1.32 bits per heavy atom. The minimum absolute atomic E-state index is 0.0505. The third-order valence-corrected chi connectivity index (χ3v) is 6.87. The number of carbonyl (C=O) groups is 1. The molecule has 1 aliphatic heterocycles. The summed E-state index contributed by atoms with van der Waals surface area (Å²) in [5.74, 6) is -0.712. The van der Waals surface area contributed by atoms with Crippen LogP contribution in [0.15, 0.2) is 41.3 Å². The monoisotopic (exact) mass is 420 g/mol. The number of benzene rings is 2. The van der Waals surface area contributed by atoms with Crippen LogP contribution in [0.4, 0.5) is 10.1 Å². The van der Waals surface area contributed by atoms with E-state index in [9.17, 15) is 17.6 Å². The van der Waals surface area contributed by atoms with Gasteiger partial charge in [-0.2, -0.15) is 0 Å². The van der Waals surface area contributed by atoms with Crippen LogP contribution in [0, 0.1) is 5.82 Å². The van der Waals surface area contributed by atoms with Crippen molar-refractivity contribution in [1.82, 2.24) is 0 Å². The Labute approximate surface area is 165 Å². The molecule has 0 aliphatic carbocycles. The fraction of sp³-hybridized carbons (Fsp3) is 0.211. The van der Waals surface area contributed by atoms with E-state index in [1.807, 2.05) is 0 Å². The third kappa shape index (κ3) is 3.10. The van der Waals surface area contributed by atoms with Crippen molar-refractivity contribution in [1.29, 1.82) is 0 Å². The molecular formula is C19H17FN2O4S2. The molecule has 4 rings (SSSR count). The van der Waals surface area contributed by atoms with Crippen LogP contribution in [0.1, 0.15) is 20.8 Å². The van der Waals surface area contributed by atoms with E-state index in [-0.39, 0.29) is 17.4 Å². The summed E-state index contributed by atoms with van der Waals surface area (Å²) in [5, 5.41) is 5.61. The minimum atomic E-state index is -3.89. The molecule has 0 spiro atoms. The van der Waals surface area contributed by atoms with E-state index in [0.717, 1.165) is 5.56 Å². The predicted molar refractivity (Wildman–Crippen MR) is 106 cm³/mol. The number of halogens is 1. The van der Waals surface area contributed by atoms with Crippen LogP contribution >= 0.6 is 11.3 Å². The third-order valence-electron chi connectivity index (χ3n) is 4.77. The number of sulfonamides is 1. The molecule has 3 aromatic rings. The highest BCUT2D eigenvalue weighted by Gasteiger charge is 2.30. The molecule has 28 heavy (non-hydrogen) atoms. The lowest BCUT2D eigenvalue weighted by atomic mass is 10.1. The summed E-state index contributed by atoms with van der Waals surface area (Å²) in [6.07, 6.45) is 0.602. The number of nitrogens with zero attached hydrogens (tertiary/aromatic N) is 1. The summed E-state index contributed by atoms with van der Waals surface area (Å²) < 4.78 is 43.6. The Kier molecular flexibility index (Phi) is 4.70. The number of ether oxygens (including phenoxy) is 1. The van der Waals surface area contributed by atoms with Gasteiger partial charge in [-0.15, -0.1) is 11.3 Å². The van der Waals surface area contributed by atoms with Gasteiger partial charge in [-0.05, 0) is 36.2 Å². The first kappa shape index (κ1) is 19.0. The molecule has 0 bridgehead atoms. The molecule has 0 saturated carbocycles. The standard InChI is InChI=1S/C19H17FN2O4S2/c1-26-10-13-17-14(20)3-2-4-16(17)27-18(13)19(23)22-8-7-11-5-6-12(9-15(11)22)28(21,24)25/h2-6,9H,7-8,10H2,1H3,(H2,21,24,25). The quantitative estimate of drug-likeness (QED) is 0.703. The van der Waals surface area contributed by atoms with Crippen molar-refractivity contribution in [3.63, 3.8) is 0 Å². The fourth-order valence-corrected chi connectivity index (χ4v) is 5.20. The highest BCUT2D eigenvalue weighted by molar-refractivity contribution is 7.89. The van der Waals surface area contributed by atoms with Crippen LogP contribution < -0.4 is 10.0 Å². The van der Waals surface area contributed by atoms with Crippen molar-refractivity contribution < 1.29 is 22.3 Å². The summed E-state index contributed by atoms with van der Waals surface area (Å²) >= 11 is 1.20. The molecule has 1 aromatic heterocycles. The van der Waals surface area contributed by atoms with E-state index >= 15 is 0 Å². The van der Waals surface area contributed by atoms with Crippen molar-refractivity contribution in [3.8, 4) is 0 Å². The van der Waals surface area contributed by atoms with Crippen LogP contribution in [-0.4, -0.2) is 28.0 Å². The Morgan fingerprint density at radius 2 is 2.11 bits per heavy atom. The van der Waals surface area contributed by atoms with Gasteiger partial charge in [-0.1, -0.05) is 12.1 Å². The topological polar surface area (TPSA) is 89.7 Å². The summed E-state index contributed by atoms with van der Waals surface area (Å²) in [7, 11) is -2.40. The van der Waals surface area contributed by atoms with Crippen molar-refractivity contribution in [2.75, 3.05) is 18.6 Å². The first-order valence-electron chi connectivity index (χ1n) is 8.47. The number of thiophene rings is 1. The van der Waals surface area contributed by atoms with Crippen molar-refractivity contribution in [2.45, 2.75) is 17.9 Å². The molecule has 2 N–H and O–H groups in total. The molecule has 0 radical (unpaired) electrons. The lowest BCUT2D eigenvalue weighted by Gasteiger charge is -2.18. The van der Waals surface area contributed by atoms with Crippen LogP contribution in [0.25, 0.3) is 10.1 Å². The maximum absolute atomic E-state index is 14.4. The average Bonchev–Trinajstić information content (AvgIpc) is 3.23. The number of amides is 1. The number of rotatable bonds is 4. The van der Waals surface area contributed by atoms with E-state index in [4.69, 9.17) is 9.88 Å². The van der Waals surface area contributed by atoms with Gasteiger partial charge in [0.1, 0.15) is 5.82 Å². The minimum Gasteiger partial charge on any atom is -0.380 e. The van der Waals surface area contributed by atoms with E-state index < -0.39 is 15.8 Å². The number of carbonyl (C=O) groups excluding carboxylic acids is 1. The number of hydrogen-bond acceptors (Lipinski definition) is 5. The molecule has 2 aromatic carbocycles. The Bertz CT molecular complexity index is 1200. The smallest absolute Gasteiger partial charge is 0.268 e. The van der Waals surface area contributed by atoms with Gasteiger partial charge in [0.2, 0.25) is 10.0 Å². The molecule has 0 atom stereocenters. The van der Waals surface area contributed by atoms with E-state index in [0.29, 0.717) is 39.2 Å². The molecule has 0 fully saturated rings. The normalized spacial score (nSPS) is 13.9. The van der Waals surface area contributed by atoms with Gasteiger partial charge in [0.25, 0.3) is 5.91 Å². The van der Waals surface area contributed by atoms with Gasteiger partial charge in [0.05, 0.1) is 16.4 Å². The Hall–Kier alpha value is -2.33. The molecule has 0 saturated heterocycles. The van der Waals surface area contributed by atoms with Crippen LogP contribution in [0.5, 0.6) is 0 Å². The number of methoxy groups -OCH3 is 1. The molecule has 2 heterocycles. The van der Waals surface area contributed by atoms with Crippen molar-refractivity contribution in [2.24, 2.45) is 5.14 Å². The van der Waals surface area contributed by atoms with Crippen molar-refractivity contribution in [3.05, 3.63) is 58.2 Å². The Morgan fingerprint density at radius 3 is 2.82 bits per heavy atom. The summed E-state index contributed by atoms with van der Waals surface area (Å²) in [6, 6.07) is 9.24. The average molecular weight is 420 g/mol. The second-order valence-electron chi connectivity index (χ2n) is 6.50. The number of anilines is 1. The molecule has 0 unspecified atom stereocenters. The van der Waals surface area contributed by atoms with Gasteiger partial charge < -0.3 is 9.64 Å². The molecule has 1 aliphatic rings. The SMILES string of the molecule is COCc1c(C(=O)N2CCc3ccc(S(N)(=O)=O)cc32)sc2cccc(F)c12. The first-order valence-corrected chi connectivity index (χ1v) is 10.8. The van der Waals surface area contributed by atoms with E-state index in [1.54, 1.807) is 18.2 Å². The van der Waals surface area contributed by atoms with Gasteiger partial charge in [0, 0.05) is 35.0 Å². The highest BCUT2D eigenvalue weighted by atomic mass is 32.2. The largest absolute Gasteiger partial charge is 0.380 e. The maximum Gasteiger partial charge on any atom is 0.268 e. The lowest BCUT2D eigenvalue weighted by Crippen LogP contribution is -2.29.